The predicted octanol–water partition coefficient (Wildman–Crippen LogP) is 1.90. The van der Waals surface area contributed by atoms with Crippen molar-refractivity contribution in [2.75, 3.05) is 13.2 Å². The normalized spacial score (nSPS) is 18.3. The van der Waals surface area contributed by atoms with E-state index >= 15 is 0 Å². The third kappa shape index (κ3) is 3.03. The molecule has 22 heavy (non-hydrogen) atoms. The van der Waals surface area contributed by atoms with E-state index in [4.69, 9.17) is 4.74 Å². The largest absolute Gasteiger partial charge is 0.465 e. The van der Waals surface area contributed by atoms with Crippen molar-refractivity contribution in [3.05, 3.63) is 35.4 Å². The number of benzene rings is 1. The van der Waals surface area contributed by atoms with Crippen molar-refractivity contribution in [1.29, 1.82) is 0 Å². The Hall–Kier alpha value is -2.17. The van der Waals surface area contributed by atoms with E-state index in [1.165, 1.54) is 13.8 Å². The molecule has 1 aliphatic heterocycles. The molecule has 0 aromatic heterocycles. The number of ketones is 1. The molecule has 1 amide bonds. The van der Waals surface area contributed by atoms with Crippen LogP contribution < -0.4 is 0 Å². The molecule has 0 spiro atoms. The van der Waals surface area contributed by atoms with Crippen molar-refractivity contribution in [2.45, 2.75) is 33.2 Å². The van der Waals surface area contributed by atoms with Crippen LogP contribution in [0.3, 0.4) is 0 Å². The summed E-state index contributed by atoms with van der Waals surface area (Å²) in [4.78, 5) is 38.0. The van der Waals surface area contributed by atoms with Crippen LogP contribution in [0.2, 0.25) is 0 Å². The molecule has 0 N–H and O–H groups in total. The minimum atomic E-state index is -0.981. The summed E-state index contributed by atoms with van der Waals surface area (Å²) in [5.41, 5.74) is 1.93. The fraction of sp³-hybridized carbons (Fsp3) is 0.471. The van der Waals surface area contributed by atoms with Gasteiger partial charge in [-0.1, -0.05) is 24.3 Å². The summed E-state index contributed by atoms with van der Waals surface area (Å²) in [6, 6.07) is 7.05. The number of esters is 1. The Labute approximate surface area is 130 Å². The number of rotatable bonds is 4. The Morgan fingerprint density at radius 1 is 1.27 bits per heavy atom. The van der Waals surface area contributed by atoms with Gasteiger partial charge in [-0.3, -0.25) is 14.4 Å². The van der Waals surface area contributed by atoms with Crippen LogP contribution in [0, 0.1) is 5.92 Å². The molecule has 2 atom stereocenters. The van der Waals surface area contributed by atoms with Crippen molar-refractivity contribution in [2.24, 2.45) is 5.92 Å². The Bertz CT molecular complexity index is 596. The molecule has 5 nitrogen and oxygen atoms in total. The molecule has 0 radical (unpaired) electrons. The molecular weight excluding hydrogens is 282 g/mol. The van der Waals surface area contributed by atoms with Gasteiger partial charge in [0.2, 0.25) is 5.91 Å². The minimum Gasteiger partial charge on any atom is -0.465 e. The van der Waals surface area contributed by atoms with Gasteiger partial charge in [-0.2, -0.15) is 0 Å². The zero-order chi connectivity index (χ0) is 16.3. The maximum atomic E-state index is 12.3. The summed E-state index contributed by atoms with van der Waals surface area (Å²) in [5.74, 6) is -1.98. The minimum absolute atomic E-state index is 0.143. The summed E-state index contributed by atoms with van der Waals surface area (Å²) in [5, 5.41) is 0. The van der Waals surface area contributed by atoms with Gasteiger partial charge in [0, 0.05) is 13.5 Å². The van der Waals surface area contributed by atoms with Crippen LogP contribution >= 0.6 is 0 Å². The standard InChI is InChI=1S/C17H21NO4/c1-4-22-17(21)15(11(2)19)16-14-8-6-5-7-13(14)9-10-18(16)12(3)20/h5-8,15-16H,4,9-10H2,1-3H3. The number of hydrogen-bond donors (Lipinski definition) is 0. The Morgan fingerprint density at radius 2 is 1.95 bits per heavy atom. The molecule has 0 saturated carbocycles. The average molecular weight is 303 g/mol. The monoisotopic (exact) mass is 303 g/mol. The first kappa shape index (κ1) is 16.2. The smallest absolute Gasteiger partial charge is 0.318 e. The number of carbonyl (C=O) groups is 3. The zero-order valence-electron chi connectivity index (χ0n) is 13.2. The van der Waals surface area contributed by atoms with Crippen LogP contribution in [0.15, 0.2) is 24.3 Å². The highest BCUT2D eigenvalue weighted by Gasteiger charge is 2.42. The van der Waals surface area contributed by atoms with Gasteiger partial charge in [-0.05, 0) is 31.4 Å². The first-order chi connectivity index (χ1) is 10.5. The second kappa shape index (κ2) is 6.73. The summed E-state index contributed by atoms with van der Waals surface area (Å²) >= 11 is 0. The summed E-state index contributed by atoms with van der Waals surface area (Å²) in [6.07, 6.45) is 0.722. The third-order valence-electron chi connectivity index (χ3n) is 4.03. The van der Waals surface area contributed by atoms with E-state index < -0.39 is 17.9 Å². The van der Waals surface area contributed by atoms with Crippen molar-refractivity contribution in [3.63, 3.8) is 0 Å². The average Bonchev–Trinajstić information content (AvgIpc) is 2.47. The van der Waals surface area contributed by atoms with Crippen LogP contribution in [0.5, 0.6) is 0 Å². The van der Waals surface area contributed by atoms with Gasteiger partial charge in [0.15, 0.2) is 0 Å². The van der Waals surface area contributed by atoms with Crippen LogP contribution in [-0.4, -0.2) is 35.7 Å². The van der Waals surface area contributed by atoms with E-state index in [1.54, 1.807) is 11.8 Å². The van der Waals surface area contributed by atoms with Crippen LogP contribution in [0.25, 0.3) is 0 Å². The van der Waals surface area contributed by atoms with Gasteiger partial charge in [-0.25, -0.2) is 0 Å². The lowest BCUT2D eigenvalue weighted by Crippen LogP contribution is -2.46. The lowest BCUT2D eigenvalue weighted by atomic mass is 9.82. The van der Waals surface area contributed by atoms with Gasteiger partial charge < -0.3 is 9.64 Å². The number of Topliss-reactive ketones (excluding diaryl/α,β-unsaturated/α-hetero) is 1. The molecule has 0 saturated heterocycles. The van der Waals surface area contributed by atoms with E-state index in [2.05, 4.69) is 0 Å². The van der Waals surface area contributed by atoms with Gasteiger partial charge >= 0.3 is 5.97 Å². The number of fused-ring (bicyclic) bond motifs is 1. The molecule has 1 aromatic rings. The van der Waals surface area contributed by atoms with Gasteiger partial charge in [-0.15, -0.1) is 0 Å². The second-order valence-electron chi connectivity index (χ2n) is 5.45. The number of amides is 1. The fourth-order valence-corrected chi connectivity index (χ4v) is 3.06. The van der Waals surface area contributed by atoms with Crippen molar-refractivity contribution < 1.29 is 19.1 Å². The van der Waals surface area contributed by atoms with Crippen LogP contribution in [-0.2, 0) is 25.5 Å². The topological polar surface area (TPSA) is 63.7 Å². The molecule has 0 bridgehead atoms. The van der Waals surface area contributed by atoms with E-state index in [1.807, 2.05) is 24.3 Å². The number of ether oxygens (including phenoxy) is 1. The summed E-state index contributed by atoms with van der Waals surface area (Å²) in [6.45, 7) is 5.24. The lowest BCUT2D eigenvalue weighted by Gasteiger charge is -2.39. The molecule has 1 aromatic carbocycles. The van der Waals surface area contributed by atoms with E-state index in [0.29, 0.717) is 6.54 Å². The highest BCUT2D eigenvalue weighted by Crippen LogP contribution is 2.36. The highest BCUT2D eigenvalue weighted by molar-refractivity contribution is 5.99. The van der Waals surface area contributed by atoms with Gasteiger partial charge in [0.1, 0.15) is 11.7 Å². The molecule has 2 unspecified atom stereocenters. The maximum absolute atomic E-state index is 12.3. The van der Waals surface area contributed by atoms with E-state index in [9.17, 15) is 14.4 Å². The summed E-state index contributed by atoms with van der Waals surface area (Å²) < 4.78 is 5.06. The molecule has 0 aliphatic carbocycles. The Kier molecular flexibility index (Phi) is 4.96. The highest BCUT2D eigenvalue weighted by atomic mass is 16.5. The number of carbonyl (C=O) groups excluding carboxylic acids is 3. The Morgan fingerprint density at radius 3 is 2.55 bits per heavy atom. The number of hydrogen-bond acceptors (Lipinski definition) is 4. The molecule has 2 rings (SSSR count). The molecule has 5 heteroatoms. The van der Waals surface area contributed by atoms with Crippen LogP contribution in [0.4, 0.5) is 0 Å². The first-order valence-electron chi connectivity index (χ1n) is 7.49. The van der Waals surface area contributed by atoms with Crippen LogP contribution in [0.1, 0.15) is 37.9 Å². The third-order valence-corrected chi connectivity index (χ3v) is 4.03. The van der Waals surface area contributed by atoms with Gasteiger partial charge in [0.05, 0.1) is 12.6 Å². The lowest BCUT2D eigenvalue weighted by molar-refractivity contribution is -0.155. The molecule has 1 heterocycles. The molecule has 1 aliphatic rings. The molecule has 0 fully saturated rings. The Balaban J connectivity index is 2.51. The SMILES string of the molecule is CCOC(=O)C(C(C)=O)C1c2ccccc2CCN1C(C)=O. The molecule has 118 valence electrons. The maximum Gasteiger partial charge on any atom is 0.318 e. The summed E-state index contributed by atoms with van der Waals surface area (Å²) in [7, 11) is 0. The first-order valence-corrected chi connectivity index (χ1v) is 7.49. The molecular formula is C17H21NO4. The van der Waals surface area contributed by atoms with Crippen molar-refractivity contribution >= 4 is 17.7 Å². The quantitative estimate of drug-likeness (QED) is 0.629. The second-order valence-corrected chi connectivity index (χ2v) is 5.45. The number of nitrogens with zero attached hydrogens (tertiary/aromatic N) is 1. The van der Waals surface area contributed by atoms with Crippen molar-refractivity contribution in [3.8, 4) is 0 Å². The van der Waals surface area contributed by atoms with Crippen molar-refractivity contribution in [1.82, 2.24) is 4.90 Å². The fourth-order valence-electron chi connectivity index (χ4n) is 3.06. The van der Waals surface area contributed by atoms with E-state index in [-0.39, 0.29) is 18.3 Å². The predicted molar refractivity (Wildman–Crippen MR) is 81.1 cm³/mol. The zero-order valence-corrected chi connectivity index (χ0v) is 13.2. The van der Waals surface area contributed by atoms with E-state index in [0.717, 1.165) is 17.5 Å². The van der Waals surface area contributed by atoms with Gasteiger partial charge in [0.25, 0.3) is 0 Å².